The highest BCUT2D eigenvalue weighted by Gasteiger charge is 2.25. The van der Waals surface area contributed by atoms with Gasteiger partial charge in [-0.25, -0.2) is 0 Å². The Kier molecular flexibility index (Phi) is 5.77. The maximum Gasteiger partial charge on any atom is 0.253 e. The van der Waals surface area contributed by atoms with Crippen molar-refractivity contribution in [3.8, 4) is 5.69 Å². The zero-order chi connectivity index (χ0) is 20.2. The summed E-state index contributed by atoms with van der Waals surface area (Å²) in [7, 11) is 0. The number of nitrogens with one attached hydrogen (secondary N) is 2. The number of hydrogen-bond acceptors (Lipinski definition) is 6. The number of hydrogen-bond donors (Lipinski definition) is 2. The summed E-state index contributed by atoms with van der Waals surface area (Å²) in [5.74, 6) is -0.345. The molecule has 148 valence electrons. The SMILES string of the molecule is O=C(CSc1nnnn1-c1ccc(Cl)cc1)Nc1ccccc1C(=O)NC1CC1. The topological polar surface area (TPSA) is 102 Å². The molecule has 4 rings (SSSR count). The van der Waals surface area contributed by atoms with Crippen molar-refractivity contribution >= 4 is 40.9 Å². The van der Waals surface area contributed by atoms with Gasteiger partial charge < -0.3 is 10.6 Å². The van der Waals surface area contributed by atoms with Crippen LogP contribution in [0.3, 0.4) is 0 Å². The molecule has 0 spiro atoms. The standard InChI is InChI=1S/C19H17ClN6O2S/c20-12-5-9-14(10-6-12)26-19(23-24-25-26)29-11-17(27)22-16-4-2-1-3-15(16)18(28)21-13-7-8-13/h1-6,9-10,13H,7-8,11H2,(H,21,28)(H,22,27). The number of halogens is 1. The number of amides is 2. The number of nitrogens with zero attached hydrogens (tertiary/aromatic N) is 4. The first-order valence-electron chi connectivity index (χ1n) is 8.97. The zero-order valence-electron chi connectivity index (χ0n) is 15.2. The van der Waals surface area contributed by atoms with Crippen molar-refractivity contribution in [2.45, 2.75) is 24.0 Å². The lowest BCUT2D eigenvalue weighted by Crippen LogP contribution is -2.27. The number of carbonyl (C=O) groups excluding carboxylic acids is 2. The number of carbonyl (C=O) groups is 2. The number of benzene rings is 2. The third-order valence-electron chi connectivity index (χ3n) is 4.20. The molecule has 0 saturated heterocycles. The highest BCUT2D eigenvalue weighted by molar-refractivity contribution is 7.99. The Morgan fingerprint density at radius 1 is 1.14 bits per heavy atom. The quantitative estimate of drug-likeness (QED) is 0.561. The summed E-state index contributed by atoms with van der Waals surface area (Å²) in [4.78, 5) is 24.8. The smallest absolute Gasteiger partial charge is 0.253 e. The van der Waals surface area contributed by atoms with E-state index in [2.05, 4.69) is 26.2 Å². The molecule has 1 heterocycles. The number of aromatic nitrogens is 4. The van der Waals surface area contributed by atoms with Gasteiger partial charge in [-0.05, 0) is 59.7 Å². The normalized spacial score (nSPS) is 13.1. The summed E-state index contributed by atoms with van der Waals surface area (Å²) >= 11 is 7.11. The average Bonchev–Trinajstić information content (AvgIpc) is 3.41. The number of tetrazole rings is 1. The molecule has 0 bridgehead atoms. The fourth-order valence-electron chi connectivity index (χ4n) is 2.61. The lowest BCUT2D eigenvalue weighted by molar-refractivity contribution is -0.113. The van der Waals surface area contributed by atoms with Crippen molar-refractivity contribution < 1.29 is 9.59 Å². The molecule has 2 aromatic carbocycles. The van der Waals surface area contributed by atoms with E-state index in [1.54, 1.807) is 48.5 Å². The van der Waals surface area contributed by atoms with Crippen LogP contribution in [0.2, 0.25) is 5.02 Å². The molecule has 8 nitrogen and oxygen atoms in total. The van der Waals surface area contributed by atoms with Gasteiger partial charge in [0.2, 0.25) is 11.1 Å². The maximum atomic E-state index is 12.5. The molecule has 1 aliphatic rings. The summed E-state index contributed by atoms with van der Waals surface area (Å²) in [6.45, 7) is 0. The van der Waals surface area contributed by atoms with E-state index in [4.69, 9.17) is 11.6 Å². The first kappa shape index (κ1) is 19.4. The molecule has 2 N–H and O–H groups in total. The Hall–Kier alpha value is -2.91. The molecule has 29 heavy (non-hydrogen) atoms. The van der Waals surface area contributed by atoms with Crippen LogP contribution < -0.4 is 10.6 Å². The summed E-state index contributed by atoms with van der Waals surface area (Å²) in [5.41, 5.74) is 1.67. The van der Waals surface area contributed by atoms with Crippen LogP contribution in [0, 0.1) is 0 Å². The van der Waals surface area contributed by atoms with Crippen LogP contribution >= 0.6 is 23.4 Å². The lowest BCUT2D eigenvalue weighted by atomic mass is 10.1. The van der Waals surface area contributed by atoms with Gasteiger partial charge in [0.25, 0.3) is 5.91 Å². The van der Waals surface area contributed by atoms with Crippen LogP contribution in [-0.4, -0.2) is 43.8 Å². The summed E-state index contributed by atoms with van der Waals surface area (Å²) < 4.78 is 1.53. The monoisotopic (exact) mass is 428 g/mol. The summed E-state index contributed by atoms with van der Waals surface area (Å²) in [5, 5.41) is 18.4. The molecule has 1 fully saturated rings. The van der Waals surface area contributed by atoms with Gasteiger partial charge in [0, 0.05) is 11.1 Å². The average molecular weight is 429 g/mol. The fourth-order valence-corrected chi connectivity index (χ4v) is 3.43. The molecule has 2 amide bonds. The molecule has 10 heteroatoms. The van der Waals surface area contributed by atoms with Crippen LogP contribution in [0.5, 0.6) is 0 Å². The van der Waals surface area contributed by atoms with Crippen LogP contribution in [0.1, 0.15) is 23.2 Å². The first-order valence-corrected chi connectivity index (χ1v) is 10.3. The summed E-state index contributed by atoms with van der Waals surface area (Å²) in [6, 6.07) is 14.3. The van der Waals surface area contributed by atoms with Crippen molar-refractivity contribution in [2.24, 2.45) is 0 Å². The zero-order valence-corrected chi connectivity index (χ0v) is 16.8. The molecule has 0 unspecified atom stereocenters. The molecule has 1 aromatic heterocycles. The van der Waals surface area contributed by atoms with E-state index in [0.29, 0.717) is 21.4 Å². The molecule has 0 radical (unpaired) electrons. The van der Waals surface area contributed by atoms with Gasteiger partial charge in [0.1, 0.15) is 0 Å². The Labute approximate surface area is 176 Å². The highest BCUT2D eigenvalue weighted by atomic mass is 35.5. The first-order chi connectivity index (χ1) is 14.1. The molecule has 1 saturated carbocycles. The van der Waals surface area contributed by atoms with Gasteiger partial charge in [-0.15, -0.1) is 5.10 Å². The van der Waals surface area contributed by atoms with Gasteiger partial charge in [0.15, 0.2) is 0 Å². The summed E-state index contributed by atoms with van der Waals surface area (Å²) in [6.07, 6.45) is 2.00. The van der Waals surface area contributed by atoms with E-state index < -0.39 is 0 Å². The Morgan fingerprint density at radius 3 is 2.66 bits per heavy atom. The molecule has 0 aliphatic heterocycles. The minimum Gasteiger partial charge on any atom is -0.349 e. The van der Waals surface area contributed by atoms with E-state index in [-0.39, 0.29) is 23.6 Å². The molecular formula is C19H17ClN6O2S. The molecule has 3 aromatic rings. The largest absolute Gasteiger partial charge is 0.349 e. The predicted molar refractivity (Wildman–Crippen MR) is 110 cm³/mol. The van der Waals surface area contributed by atoms with E-state index in [1.165, 1.54) is 16.4 Å². The molecule has 1 aliphatic carbocycles. The Balaban J connectivity index is 1.40. The van der Waals surface area contributed by atoms with Crippen molar-refractivity contribution in [3.63, 3.8) is 0 Å². The van der Waals surface area contributed by atoms with Crippen molar-refractivity contribution in [3.05, 3.63) is 59.1 Å². The Morgan fingerprint density at radius 2 is 1.90 bits per heavy atom. The van der Waals surface area contributed by atoms with Gasteiger partial charge in [-0.2, -0.15) is 4.68 Å². The lowest BCUT2D eigenvalue weighted by Gasteiger charge is -2.11. The second-order valence-corrected chi connectivity index (χ2v) is 7.86. The van der Waals surface area contributed by atoms with Crippen molar-refractivity contribution in [1.29, 1.82) is 0 Å². The minimum atomic E-state index is -0.257. The third kappa shape index (κ3) is 4.93. The maximum absolute atomic E-state index is 12.5. The number of anilines is 1. The van der Waals surface area contributed by atoms with Crippen LogP contribution in [0.25, 0.3) is 5.69 Å². The third-order valence-corrected chi connectivity index (χ3v) is 5.37. The second-order valence-electron chi connectivity index (χ2n) is 6.48. The second kappa shape index (κ2) is 8.62. The van der Waals surface area contributed by atoms with Crippen LogP contribution in [0.4, 0.5) is 5.69 Å². The van der Waals surface area contributed by atoms with Gasteiger partial charge in [0.05, 0.1) is 22.7 Å². The highest BCUT2D eigenvalue weighted by Crippen LogP contribution is 2.23. The molecular weight excluding hydrogens is 412 g/mol. The van der Waals surface area contributed by atoms with Gasteiger partial charge >= 0.3 is 0 Å². The van der Waals surface area contributed by atoms with Crippen LogP contribution in [-0.2, 0) is 4.79 Å². The number of rotatable bonds is 7. The number of para-hydroxylation sites is 1. The predicted octanol–water partition coefficient (Wildman–Crippen LogP) is 2.94. The number of thioether (sulfide) groups is 1. The van der Waals surface area contributed by atoms with E-state index in [0.717, 1.165) is 18.5 Å². The van der Waals surface area contributed by atoms with Crippen molar-refractivity contribution in [2.75, 3.05) is 11.1 Å². The van der Waals surface area contributed by atoms with E-state index >= 15 is 0 Å². The fraction of sp³-hybridized carbons (Fsp3) is 0.211. The van der Waals surface area contributed by atoms with E-state index in [1.807, 2.05) is 0 Å². The Bertz CT molecular complexity index is 1040. The van der Waals surface area contributed by atoms with Crippen molar-refractivity contribution in [1.82, 2.24) is 25.5 Å². The van der Waals surface area contributed by atoms with E-state index in [9.17, 15) is 9.59 Å². The molecule has 0 atom stereocenters. The van der Waals surface area contributed by atoms with Gasteiger partial charge in [-0.3, -0.25) is 9.59 Å². The van der Waals surface area contributed by atoms with Crippen LogP contribution in [0.15, 0.2) is 53.7 Å². The minimum absolute atomic E-state index is 0.0898. The van der Waals surface area contributed by atoms with Gasteiger partial charge in [-0.1, -0.05) is 35.5 Å².